The molecule has 0 N–H and O–H groups in total. The van der Waals surface area contributed by atoms with Crippen LogP contribution >= 0.6 is 23.5 Å². The van der Waals surface area contributed by atoms with E-state index in [0.717, 1.165) is 13.2 Å². The predicted molar refractivity (Wildman–Crippen MR) is 44.4 cm³/mol. The molecular formula is C6H10O2S2. The van der Waals surface area contributed by atoms with Crippen molar-refractivity contribution in [1.82, 2.24) is 0 Å². The maximum Gasteiger partial charge on any atom is 0.178 e. The maximum absolute atomic E-state index is 5.37. The van der Waals surface area contributed by atoms with Gasteiger partial charge in [0.2, 0.25) is 0 Å². The smallest absolute Gasteiger partial charge is 0.178 e. The summed E-state index contributed by atoms with van der Waals surface area (Å²) in [5.74, 6) is 2.50. The lowest BCUT2D eigenvalue weighted by Crippen LogP contribution is -2.18. The van der Waals surface area contributed by atoms with Crippen molar-refractivity contribution in [1.29, 1.82) is 0 Å². The molecule has 2 heterocycles. The van der Waals surface area contributed by atoms with E-state index in [0.29, 0.717) is 4.58 Å². The van der Waals surface area contributed by atoms with Gasteiger partial charge < -0.3 is 9.47 Å². The van der Waals surface area contributed by atoms with Crippen LogP contribution in [0.2, 0.25) is 0 Å². The fraction of sp³-hybridized carbons (Fsp3) is 1.00. The average molecular weight is 178 g/mol. The van der Waals surface area contributed by atoms with Gasteiger partial charge in [-0.1, -0.05) is 0 Å². The standard InChI is InChI=1S/C6H10O2S2/c1-2-8-5(7-1)6-9-3-4-10-6/h5-6H,1-4H2. The minimum absolute atomic E-state index is 0.0810. The van der Waals surface area contributed by atoms with E-state index in [2.05, 4.69) is 0 Å². The first-order valence-electron chi connectivity index (χ1n) is 3.43. The van der Waals surface area contributed by atoms with E-state index >= 15 is 0 Å². The molecule has 0 amide bonds. The first kappa shape index (κ1) is 7.28. The second kappa shape index (κ2) is 3.34. The first-order valence-corrected chi connectivity index (χ1v) is 5.53. The van der Waals surface area contributed by atoms with Crippen molar-refractivity contribution in [3.8, 4) is 0 Å². The lowest BCUT2D eigenvalue weighted by Gasteiger charge is -2.13. The molecule has 2 rings (SSSR count). The van der Waals surface area contributed by atoms with Crippen LogP contribution in [0.4, 0.5) is 0 Å². The van der Waals surface area contributed by atoms with E-state index in [1.807, 2.05) is 23.5 Å². The molecule has 0 spiro atoms. The molecule has 10 heavy (non-hydrogen) atoms. The van der Waals surface area contributed by atoms with E-state index < -0.39 is 0 Å². The van der Waals surface area contributed by atoms with Crippen LogP contribution in [0.1, 0.15) is 0 Å². The summed E-state index contributed by atoms with van der Waals surface area (Å²) in [6.45, 7) is 1.56. The summed E-state index contributed by atoms with van der Waals surface area (Å²) >= 11 is 3.91. The van der Waals surface area contributed by atoms with Crippen LogP contribution in [-0.4, -0.2) is 35.6 Å². The van der Waals surface area contributed by atoms with Crippen LogP contribution in [-0.2, 0) is 9.47 Å². The number of rotatable bonds is 1. The fourth-order valence-electron chi connectivity index (χ4n) is 1.07. The summed E-state index contributed by atoms with van der Waals surface area (Å²) in [7, 11) is 0. The van der Waals surface area contributed by atoms with Crippen molar-refractivity contribution >= 4 is 23.5 Å². The second-order valence-electron chi connectivity index (χ2n) is 2.22. The van der Waals surface area contributed by atoms with Crippen LogP contribution < -0.4 is 0 Å². The highest BCUT2D eigenvalue weighted by molar-refractivity contribution is 8.20. The Balaban J connectivity index is 1.85. The largest absolute Gasteiger partial charge is 0.348 e. The van der Waals surface area contributed by atoms with Gasteiger partial charge in [-0.25, -0.2) is 0 Å². The van der Waals surface area contributed by atoms with Crippen molar-refractivity contribution in [2.75, 3.05) is 24.7 Å². The number of thioether (sulfide) groups is 2. The molecule has 2 nitrogen and oxygen atoms in total. The van der Waals surface area contributed by atoms with E-state index in [1.54, 1.807) is 0 Å². The lowest BCUT2D eigenvalue weighted by atomic mass is 10.7. The predicted octanol–water partition coefficient (Wildman–Crippen LogP) is 1.17. The zero-order valence-electron chi connectivity index (χ0n) is 5.62. The van der Waals surface area contributed by atoms with Gasteiger partial charge in [-0.3, -0.25) is 0 Å². The third kappa shape index (κ3) is 1.44. The molecular weight excluding hydrogens is 168 g/mol. The van der Waals surface area contributed by atoms with Gasteiger partial charge in [0.05, 0.1) is 13.2 Å². The topological polar surface area (TPSA) is 18.5 Å². The highest BCUT2D eigenvalue weighted by Gasteiger charge is 2.30. The van der Waals surface area contributed by atoms with Crippen molar-refractivity contribution in [2.45, 2.75) is 10.9 Å². The molecule has 0 aromatic rings. The Labute approximate surface area is 69.0 Å². The summed E-state index contributed by atoms with van der Waals surface area (Å²) in [6.07, 6.45) is 0.0810. The van der Waals surface area contributed by atoms with Crippen molar-refractivity contribution in [3.63, 3.8) is 0 Å². The van der Waals surface area contributed by atoms with Gasteiger partial charge in [0.25, 0.3) is 0 Å². The minimum Gasteiger partial charge on any atom is -0.348 e. The van der Waals surface area contributed by atoms with E-state index in [9.17, 15) is 0 Å². The SMILES string of the molecule is C1COC(C2SCCS2)O1. The average Bonchev–Trinajstić information content (AvgIpc) is 2.59. The molecule has 2 saturated heterocycles. The Bertz CT molecular complexity index is 94.3. The molecule has 2 aliphatic heterocycles. The zero-order valence-corrected chi connectivity index (χ0v) is 7.25. The summed E-state index contributed by atoms with van der Waals surface area (Å²) in [4.78, 5) is 0. The van der Waals surface area contributed by atoms with Gasteiger partial charge >= 0.3 is 0 Å². The van der Waals surface area contributed by atoms with Gasteiger partial charge in [0.15, 0.2) is 6.29 Å². The normalized spacial score (nSPS) is 30.0. The van der Waals surface area contributed by atoms with E-state index in [4.69, 9.17) is 9.47 Å². The number of hydrogen-bond acceptors (Lipinski definition) is 4. The van der Waals surface area contributed by atoms with Gasteiger partial charge in [-0.05, 0) is 0 Å². The van der Waals surface area contributed by atoms with Crippen LogP contribution in [0.3, 0.4) is 0 Å². The molecule has 0 atom stereocenters. The van der Waals surface area contributed by atoms with Crippen molar-refractivity contribution in [2.24, 2.45) is 0 Å². The first-order chi connectivity index (χ1) is 4.97. The number of hydrogen-bond donors (Lipinski definition) is 0. The molecule has 0 radical (unpaired) electrons. The van der Waals surface area contributed by atoms with Gasteiger partial charge in [0, 0.05) is 11.5 Å². The Morgan fingerprint density at radius 1 is 1.00 bits per heavy atom. The Kier molecular flexibility index (Phi) is 2.43. The van der Waals surface area contributed by atoms with Gasteiger partial charge in [0.1, 0.15) is 4.58 Å². The monoisotopic (exact) mass is 178 g/mol. The molecule has 0 unspecified atom stereocenters. The fourth-order valence-corrected chi connectivity index (χ4v) is 3.89. The molecule has 58 valence electrons. The summed E-state index contributed by atoms with van der Waals surface area (Å²) in [5, 5.41) is 0. The Hall–Kier alpha value is 0.620. The van der Waals surface area contributed by atoms with Crippen LogP contribution in [0.25, 0.3) is 0 Å². The van der Waals surface area contributed by atoms with Crippen molar-refractivity contribution in [3.05, 3.63) is 0 Å². The number of ether oxygens (including phenoxy) is 2. The summed E-state index contributed by atoms with van der Waals surface area (Å²) in [5.41, 5.74) is 0. The van der Waals surface area contributed by atoms with Crippen LogP contribution in [0, 0.1) is 0 Å². The van der Waals surface area contributed by atoms with E-state index in [-0.39, 0.29) is 6.29 Å². The second-order valence-corrected chi connectivity index (χ2v) is 5.02. The Morgan fingerprint density at radius 3 is 2.20 bits per heavy atom. The molecule has 2 fully saturated rings. The molecule has 0 aliphatic carbocycles. The quantitative estimate of drug-likeness (QED) is 0.599. The molecule has 0 bridgehead atoms. The molecule has 0 saturated carbocycles. The molecule has 0 aromatic heterocycles. The third-order valence-corrected chi connectivity index (χ3v) is 4.57. The third-order valence-electron chi connectivity index (χ3n) is 1.52. The van der Waals surface area contributed by atoms with E-state index in [1.165, 1.54) is 11.5 Å². The highest BCUT2D eigenvalue weighted by Crippen LogP contribution is 2.36. The van der Waals surface area contributed by atoms with Crippen LogP contribution in [0.15, 0.2) is 0 Å². The molecule has 2 aliphatic rings. The molecule has 4 heteroatoms. The van der Waals surface area contributed by atoms with Crippen LogP contribution in [0.5, 0.6) is 0 Å². The molecule has 0 aromatic carbocycles. The summed E-state index contributed by atoms with van der Waals surface area (Å²) < 4.78 is 11.3. The zero-order chi connectivity index (χ0) is 6.81. The Morgan fingerprint density at radius 2 is 1.60 bits per heavy atom. The summed E-state index contributed by atoms with van der Waals surface area (Å²) in [6, 6.07) is 0. The highest BCUT2D eigenvalue weighted by atomic mass is 32.2. The lowest BCUT2D eigenvalue weighted by molar-refractivity contribution is -0.0271. The van der Waals surface area contributed by atoms with Gasteiger partial charge in [-0.15, -0.1) is 23.5 Å². The maximum atomic E-state index is 5.37. The van der Waals surface area contributed by atoms with Crippen molar-refractivity contribution < 1.29 is 9.47 Å². The van der Waals surface area contributed by atoms with Gasteiger partial charge in [-0.2, -0.15) is 0 Å². The minimum atomic E-state index is 0.0810.